The highest BCUT2D eigenvalue weighted by atomic mass is 16.1. The van der Waals surface area contributed by atoms with Gasteiger partial charge in [0.2, 0.25) is 5.91 Å². The normalized spacial score (nSPS) is 20.8. The lowest BCUT2D eigenvalue weighted by Gasteiger charge is -2.11. The summed E-state index contributed by atoms with van der Waals surface area (Å²) >= 11 is 0. The van der Waals surface area contributed by atoms with Gasteiger partial charge in [0.05, 0.1) is 6.07 Å². The van der Waals surface area contributed by atoms with Gasteiger partial charge in [-0.15, -0.1) is 0 Å². The Morgan fingerprint density at radius 2 is 2.17 bits per heavy atom. The quantitative estimate of drug-likeness (QED) is 0.681. The van der Waals surface area contributed by atoms with Gasteiger partial charge in [-0.2, -0.15) is 5.26 Å². The maximum Gasteiger partial charge on any atom is 0.224 e. The molecule has 0 spiro atoms. The van der Waals surface area contributed by atoms with Crippen molar-refractivity contribution in [3.8, 4) is 6.07 Å². The topological polar surface area (TPSA) is 52.9 Å². The highest BCUT2D eigenvalue weighted by Gasteiger charge is 2.32. The Labute approximate surface area is 72.8 Å². The molecule has 0 saturated heterocycles. The van der Waals surface area contributed by atoms with Gasteiger partial charge < -0.3 is 5.32 Å². The number of hydrogen-bond donors (Lipinski definition) is 1. The summed E-state index contributed by atoms with van der Waals surface area (Å²) in [5, 5.41) is 11.1. The van der Waals surface area contributed by atoms with E-state index < -0.39 is 0 Å². The molecule has 3 heteroatoms. The maximum atomic E-state index is 11.3. The molecule has 0 aromatic heterocycles. The van der Waals surface area contributed by atoms with E-state index in [0.29, 0.717) is 5.92 Å². The number of amides is 1. The molecule has 1 fully saturated rings. The zero-order valence-corrected chi connectivity index (χ0v) is 7.50. The molecule has 0 radical (unpaired) electrons. The molecule has 66 valence electrons. The van der Waals surface area contributed by atoms with E-state index in [2.05, 4.69) is 5.32 Å². The summed E-state index contributed by atoms with van der Waals surface area (Å²) in [6.07, 6.45) is 2.32. The lowest BCUT2D eigenvalue weighted by Crippen LogP contribution is -2.36. The van der Waals surface area contributed by atoms with Crippen molar-refractivity contribution < 1.29 is 4.79 Å². The van der Waals surface area contributed by atoms with E-state index in [1.54, 1.807) is 6.92 Å². The first kappa shape index (κ1) is 9.05. The van der Waals surface area contributed by atoms with Gasteiger partial charge in [-0.3, -0.25) is 4.79 Å². The van der Waals surface area contributed by atoms with Gasteiger partial charge in [0.25, 0.3) is 0 Å². The Morgan fingerprint density at radius 3 is 2.58 bits per heavy atom. The summed E-state index contributed by atoms with van der Waals surface area (Å²) in [6.45, 7) is 3.62. The maximum absolute atomic E-state index is 11.3. The minimum Gasteiger partial charge on any atom is -0.340 e. The first-order chi connectivity index (χ1) is 5.65. The Hall–Kier alpha value is -1.04. The fraction of sp³-hybridized carbons (Fsp3) is 0.778. The molecule has 12 heavy (non-hydrogen) atoms. The van der Waals surface area contributed by atoms with Crippen LogP contribution in [0.1, 0.15) is 26.7 Å². The molecular formula is C9H14N2O. The Kier molecular flexibility index (Phi) is 2.69. The van der Waals surface area contributed by atoms with Crippen molar-refractivity contribution in [2.45, 2.75) is 32.7 Å². The monoisotopic (exact) mass is 166 g/mol. The largest absolute Gasteiger partial charge is 0.340 e. The SMILES string of the molecule is CC(C#N)NC(=O)C(C)C1CC1. The van der Waals surface area contributed by atoms with Gasteiger partial charge in [-0.05, 0) is 25.7 Å². The minimum atomic E-state index is -0.362. The number of nitrogens with zero attached hydrogens (tertiary/aromatic N) is 1. The van der Waals surface area contributed by atoms with Crippen LogP contribution in [0.25, 0.3) is 0 Å². The molecule has 2 atom stereocenters. The second-order valence-electron chi connectivity index (χ2n) is 3.49. The van der Waals surface area contributed by atoms with Crippen molar-refractivity contribution in [1.82, 2.24) is 5.32 Å². The zero-order valence-electron chi connectivity index (χ0n) is 7.50. The van der Waals surface area contributed by atoms with Gasteiger partial charge in [0.15, 0.2) is 0 Å². The summed E-state index contributed by atoms with van der Waals surface area (Å²) in [5.41, 5.74) is 0. The third kappa shape index (κ3) is 2.23. The smallest absolute Gasteiger partial charge is 0.224 e. The van der Waals surface area contributed by atoms with Crippen LogP contribution < -0.4 is 5.32 Å². The third-order valence-electron chi connectivity index (χ3n) is 2.30. The van der Waals surface area contributed by atoms with Crippen LogP contribution in [-0.4, -0.2) is 11.9 Å². The van der Waals surface area contributed by atoms with E-state index in [4.69, 9.17) is 5.26 Å². The van der Waals surface area contributed by atoms with E-state index in [9.17, 15) is 4.79 Å². The van der Waals surface area contributed by atoms with Crippen LogP contribution in [-0.2, 0) is 4.79 Å². The lowest BCUT2D eigenvalue weighted by molar-refractivity contribution is -0.125. The van der Waals surface area contributed by atoms with Crippen molar-refractivity contribution in [3.05, 3.63) is 0 Å². The van der Waals surface area contributed by atoms with Gasteiger partial charge >= 0.3 is 0 Å². The Bertz CT molecular complexity index is 215. The van der Waals surface area contributed by atoms with Crippen LogP contribution in [0.15, 0.2) is 0 Å². The summed E-state index contributed by atoms with van der Waals surface area (Å²) in [7, 11) is 0. The van der Waals surface area contributed by atoms with Gasteiger partial charge in [0.1, 0.15) is 6.04 Å². The average Bonchev–Trinajstić information content (AvgIpc) is 2.85. The van der Waals surface area contributed by atoms with Crippen LogP contribution in [0.5, 0.6) is 0 Å². The number of carbonyl (C=O) groups excluding carboxylic acids is 1. The van der Waals surface area contributed by atoms with Crippen LogP contribution >= 0.6 is 0 Å². The van der Waals surface area contributed by atoms with Crippen LogP contribution in [0.3, 0.4) is 0 Å². The highest BCUT2D eigenvalue weighted by molar-refractivity contribution is 5.79. The van der Waals surface area contributed by atoms with Crippen LogP contribution in [0, 0.1) is 23.2 Å². The molecule has 1 N–H and O–H groups in total. The third-order valence-corrected chi connectivity index (χ3v) is 2.30. The predicted molar refractivity (Wildman–Crippen MR) is 45.1 cm³/mol. The molecular weight excluding hydrogens is 152 g/mol. The molecule has 1 saturated carbocycles. The minimum absolute atomic E-state index is 0.0200. The van der Waals surface area contributed by atoms with Crippen molar-refractivity contribution in [2.24, 2.45) is 11.8 Å². The molecule has 2 unspecified atom stereocenters. The average molecular weight is 166 g/mol. The molecule has 0 aromatic rings. The highest BCUT2D eigenvalue weighted by Crippen LogP contribution is 2.36. The van der Waals surface area contributed by atoms with Gasteiger partial charge in [0, 0.05) is 5.92 Å². The summed E-state index contributed by atoms with van der Waals surface area (Å²) in [6, 6.07) is 1.62. The van der Waals surface area contributed by atoms with Crippen LogP contribution in [0.4, 0.5) is 0 Å². The first-order valence-electron chi connectivity index (χ1n) is 4.35. The van der Waals surface area contributed by atoms with Crippen LogP contribution in [0.2, 0.25) is 0 Å². The van der Waals surface area contributed by atoms with Crippen molar-refractivity contribution in [2.75, 3.05) is 0 Å². The fourth-order valence-corrected chi connectivity index (χ4v) is 1.19. The zero-order chi connectivity index (χ0) is 9.14. The number of carbonyl (C=O) groups is 1. The van der Waals surface area contributed by atoms with E-state index in [1.807, 2.05) is 13.0 Å². The molecule has 1 amide bonds. The Morgan fingerprint density at radius 1 is 1.58 bits per heavy atom. The predicted octanol–water partition coefficient (Wildman–Crippen LogP) is 1.06. The fourth-order valence-electron chi connectivity index (χ4n) is 1.19. The molecule has 1 aliphatic rings. The second-order valence-corrected chi connectivity index (χ2v) is 3.49. The molecule has 3 nitrogen and oxygen atoms in total. The number of hydrogen-bond acceptors (Lipinski definition) is 2. The molecule has 1 rings (SSSR count). The van der Waals surface area contributed by atoms with Crippen molar-refractivity contribution in [3.63, 3.8) is 0 Å². The van der Waals surface area contributed by atoms with Crippen molar-refractivity contribution >= 4 is 5.91 Å². The molecule has 1 aliphatic carbocycles. The first-order valence-corrected chi connectivity index (χ1v) is 4.35. The van der Waals surface area contributed by atoms with Gasteiger partial charge in [-0.25, -0.2) is 0 Å². The molecule has 0 aromatic carbocycles. The van der Waals surface area contributed by atoms with E-state index >= 15 is 0 Å². The molecule has 0 heterocycles. The Balaban J connectivity index is 2.32. The number of nitrogens with one attached hydrogen (secondary N) is 1. The lowest BCUT2D eigenvalue weighted by atomic mass is 10.1. The molecule has 0 aliphatic heterocycles. The summed E-state index contributed by atoms with van der Waals surface area (Å²) in [4.78, 5) is 11.3. The summed E-state index contributed by atoms with van der Waals surface area (Å²) in [5.74, 6) is 0.670. The second kappa shape index (κ2) is 3.57. The van der Waals surface area contributed by atoms with Gasteiger partial charge in [-0.1, -0.05) is 6.92 Å². The number of nitriles is 1. The summed E-state index contributed by atoms with van der Waals surface area (Å²) < 4.78 is 0. The molecule has 0 bridgehead atoms. The standard InChI is InChI=1S/C9H14N2O/c1-6(5-10)11-9(12)7(2)8-3-4-8/h6-8H,3-4H2,1-2H3,(H,11,12). The number of rotatable bonds is 3. The van der Waals surface area contributed by atoms with E-state index in [1.165, 1.54) is 0 Å². The van der Waals surface area contributed by atoms with E-state index in [0.717, 1.165) is 12.8 Å². The van der Waals surface area contributed by atoms with Crippen molar-refractivity contribution in [1.29, 1.82) is 5.26 Å². The van der Waals surface area contributed by atoms with E-state index in [-0.39, 0.29) is 17.9 Å².